The highest BCUT2D eigenvalue weighted by Gasteiger charge is 2.12. The van der Waals surface area contributed by atoms with E-state index in [0.717, 1.165) is 40.5 Å². The third-order valence-corrected chi connectivity index (χ3v) is 7.11. The molecule has 0 unspecified atom stereocenters. The first-order valence-electron chi connectivity index (χ1n) is 9.77. The maximum absolute atomic E-state index is 12.3. The first-order valence-corrected chi connectivity index (χ1v) is 11.9. The lowest BCUT2D eigenvalue weighted by molar-refractivity contribution is -0.113. The van der Waals surface area contributed by atoms with Gasteiger partial charge in [0.1, 0.15) is 11.6 Å². The third kappa shape index (κ3) is 6.48. The number of nitrogens with zero attached hydrogens (tertiary/aromatic N) is 3. The smallest absolute Gasteiger partial charge is 0.234 e. The Balaban J connectivity index is 1.49. The van der Waals surface area contributed by atoms with Gasteiger partial charge >= 0.3 is 0 Å². The summed E-state index contributed by atoms with van der Waals surface area (Å²) in [5.41, 5.74) is 3.19. The van der Waals surface area contributed by atoms with Crippen LogP contribution in [0.4, 0.5) is 5.69 Å². The Morgan fingerprint density at radius 2 is 2.03 bits per heavy atom. The summed E-state index contributed by atoms with van der Waals surface area (Å²) < 4.78 is 8.01. The van der Waals surface area contributed by atoms with Gasteiger partial charge in [-0.1, -0.05) is 29.4 Å². The van der Waals surface area contributed by atoms with Crippen LogP contribution in [0.1, 0.15) is 23.4 Å². The number of halogens is 2. The molecular weight excluding hydrogens is 500 g/mol. The molecule has 0 radical (unpaired) electrons. The van der Waals surface area contributed by atoms with Crippen LogP contribution in [0, 0.1) is 6.92 Å². The van der Waals surface area contributed by atoms with Gasteiger partial charge in [-0.05, 0) is 77.2 Å². The highest BCUT2D eigenvalue weighted by molar-refractivity contribution is 9.10. The number of benzene rings is 2. The number of aryl methyl sites for hydroxylation is 3. The Bertz CT molecular complexity index is 1070. The van der Waals surface area contributed by atoms with E-state index in [4.69, 9.17) is 16.3 Å². The highest BCUT2D eigenvalue weighted by Crippen LogP contribution is 2.26. The molecule has 3 rings (SSSR count). The lowest BCUT2D eigenvalue weighted by Gasteiger charge is -2.08. The summed E-state index contributed by atoms with van der Waals surface area (Å²) in [6.45, 7) is 2.10. The normalized spacial score (nSPS) is 10.9. The lowest BCUT2D eigenvalue weighted by atomic mass is 10.0. The summed E-state index contributed by atoms with van der Waals surface area (Å²) in [6.07, 6.45) is 2.75. The molecule has 0 bridgehead atoms. The second-order valence-electron chi connectivity index (χ2n) is 7.07. The number of amides is 1. The molecule has 31 heavy (non-hydrogen) atoms. The average Bonchev–Trinajstić information content (AvgIpc) is 3.10. The van der Waals surface area contributed by atoms with Crippen LogP contribution in [0.2, 0.25) is 5.02 Å². The molecule has 0 aliphatic carbocycles. The van der Waals surface area contributed by atoms with Crippen molar-refractivity contribution >= 4 is 50.9 Å². The minimum absolute atomic E-state index is 0.122. The largest absolute Gasteiger partial charge is 0.497 e. The average molecular weight is 524 g/mol. The fourth-order valence-corrected chi connectivity index (χ4v) is 4.26. The fraction of sp³-hybridized carbons (Fsp3) is 0.318. The van der Waals surface area contributed by atoms with Crippen molar-refractivity contribution in [2.75, 3.05) is 18.2 Å². The van der Waals surface area contributed by atoms with Crippen LogP contribution in [0.25, 0.3) is 0 Å². The van der Waals surface area contributed by atoms with Gasteiger partial charge in [-0.2, -0.15) is 0 Å². The van der Waals surface area contributed by atoms with Gasteiger partial charge in [0, 0.05) is 23.6 Å². The summed E-state index contributed by atoms with van der Waals surface area (Å²) in [5.74, 6) is 1.91. The zero-order valence-corrected chi connectivity index (χ0v) is 20.8. The predicted octanol–water partition coefficient (Wildman–Crippen LogP) is 5.45. The third-order valence-electron chi connectivity index (χ3n) is 4.86. The Morgan fingerprint density at radius 3 is 2.74 bits per heavy atom. The molecule has 9 heteroatoms. The number of anilines is 1. The minimum atomic E-state index is -0.122. The van der Waals surface area contributed by atoms with E-state index in [1.807, 2.05) is 17.7 Å². The molecule has 0 fully saturated rings. The standard InChI is InChI=1S/C22H24BrClN4O2S/c1-14-11-17(30-3)9-7-15(14)5-4-6-20-26-27-22(28(20)2)31-13-21(29)25-16-8-10-18(23)19(24)12-16/h7-12H,4-6,13H2,1-3H3,(H,25,29). The summed E-state index contributed by atoms with van der Waals surface area (Å²) in [5, 5.41) is 12.6. The number of rotatable bonds is 9. The topological polar surface area (TPSA) is 69.0 Å². The van der Waals surface area contributed by atoms with E-state index in [9.17, 15) is 4.79 Å². The van der Waals surface area contributed by atoms with E-state index in [1.165, 1.54) is 22.9 Å². The monoisotopic (exact) mass is 522 g/mol. The predicted molar refractivity (Wildman–Crippen MR) is 129 cm³/mol. The first-order chi connectivity index (χ1) is 14.9. The van der Waals surface area contributed by atoms with E-state index >= 15 is 0 Å². The van der Waals surface area contributed by atoms with Gasteiger partial charge in [-0.3, -0.25) is 4.79 Å². The van der Waals surface area contributed by atoms with Crippen molar-refractivity contribution in [2.45, 2.75) is 31.3 Å². The number of methoxy groups -OCH3 is 1. The van der Waals surface area contributed by atoms with Crippen LogP contribution < -0.4 is 10.1 Å². The molecule has 6 nitrogen and oxygen atoms in total. The van der Waals surface area contributed by atoms with E-state index in [-0.39, 0.29) is 11.7 Å². The SMILES string of the molecule is COc1ccc(CCCc2nnc(SCC(=O)Nc3ccc(Br)c(Cl)c3)n2C)c(C)c1. The van der Waals surface area contributed by atoms with Crippen LogP contribution in [-0.4, -0.2) is 33.5 Å². The molecule has 164 valence electrons. The minimum Gasteiger partial charge on any atom is -0.497 e. The molecule has 1 heterocycles. The molecule has 0 aliphatic heterocycles. The summed E-state index contributed by atoms with van der Waals surface area (Å²) >= 11 is 10.8. The molecule has 1 aromatic heterocycles. The molecule has 1 N–H and O–H groups in total. The van der Waals surface area contributed by atoms with Crippen molar-refractivity contribution in [2.24, 2.45) is 7.05 Å². The second kappa shape index (κ2) is 11.0. The van der Waals surface area contributed by atoms with Crippen LogP contribution in [0.15, 0.2) is 46.0 Å². The van der Waals surface area contributed by atoms with Crippen molar-refractivity contribution in [1.29, 1.82) is 0 Å². The van der Waals surface area contributed by atoms with Gasteiger partial charge in [-0.25, -0.2) is 0 Å². The number of hydrogen-bond donors (Lipinski definition) is 1. The maximum Gasteiger partial charge on any atom is 0.234 e. The Morgan fingerprint density at radius 1 is 1.23 bits per heavy atom. The van der Waals surface area contributed by atoms with Crippen LogP contribution >= 0.6 is 39.3 Å². The summed E-state index contributed by atoms with van der Waals surface area (Å²) in [7, 11) is 3.61. The number of aromatic nitrogens is 3. The Hall–Kier alpha value is -2.03. The van der Waals surface area contributed by atoms with Crippen LogP contribution in [-0.2, 0) is 24.7 Å². The number of nitrogens with one attached hydrogen (secondary N) is 1. The van der Waals surface area contributed by atoms with Gasteiger partial charge in [0.05, 0.1) is 17.9 Å². The summed E-state index contributed by atoms with van der Waals surface area (Å²) in [4.78, 5) is 12.3. The van der Waals surface area contributed by atoms with Gasteiger partial charge in [0.25, 0.3) is 0 Å². The van der Waals surface area contributed by atoms with Crippen LogP contribution in [0.5, 0.6) is 5.75 Å². The molecule has 0 aliphatic rings. The molecule has 0 spiro atoms. The number of hydrogen-bond acceptors (Lipinski definition) is 5. The Labute approximate surface area is 199 Å². The van der Waals surface area contributed by atoms with E-state index < -0.39 is 0 Å². The number of carbonyl (C=O) groups excluding carboxylic acids is 1. The quantitative estimate of drug-likeness (QED) is 0.378. The zero-order chi connectivity index (χ0) is 22.4. The van der Waals surface area contributed by atoms with E-state index in [1.54, 1.807) is 25.3 Å². The maximum atomic E-state index is 12.3. The lowest BCUT2D eigenvalue weighted by Crippen LogP contribution is -2.14. The number of ether oxygens (including phenoxy) is 1. The molecule has 0 saturated heterocycles. The van der Waals surface area contributed by atoms with Crippen molar-refractivity contribution in [1.82, 2.24) is 14.8 Å². The van der Waals surface area contributed by atoms with Crippen molar-refractivity contribution in [3.63, 3.8) is 0 Å². The number of thioether (sulfide) groups is 1. The van der Waals surface area contributed by atoms with Crippen molar-refractivity contribution in [3.05, 3.63) is 62.8 Å². The fourth-order valence-electron chi connectivity index (χ4n) is 3.10. The van der Waals surface area contributed by atoms with Gasteiger partial charge in [0.15, 0.2) is 5.16 Å². The molecule has 2 aromatic carbocycles. The van der Waals surface area contributed by atoms with Crippen LogP contribution in [0.3, 0.4) is 0 Å². The van der Waals surface area contributed by atoms with Gasteiger partial charge < -0.3 is 14.6 Å². The molecular formula is C22H24BrClN4O2S. The Kier molecular flexibility index (Phi) is 8.40. The highest BCUT2D eigenvalue weighted by atomic mass is 79.9. The molecule has 0 atom stereocenters. The molecule has 1 amide bonds. The number of carbonyl (C=O) groups is 1. The van der Waals surface area contributed by atoms with Crippen molar-refractivity contribution in [3.8, 4) is 5.75 Å². The summed E-state index contributed by atoms with van der Waals surface area (Å²) in [6, 6.07) is 11.5. The first kappa shape index (κ1) is 23.6. The van der Waals surface area contributed by atoms with E-state index in [0.29, 0.717) is 10.7 Å². The van der Waals surface area contributed by atoms with E-state index in [2.05, 4.69) is 50.5 Å². The van der Waals surface area contributed by atoms with Crippen molar-refractivity contribution < 1.29 is 9.53 Å². The van der Waals surface area contributed by atoms with Gasteiger partial charge in [0.2, 0.25) is 5.91 Å². The second-order valence-corrected chi connectivity index (χ2v) is 9.27. The van der Waals surface area contributed by atoms with Gasteiger partial charge in [-0.15, -0.1) is 10.2 Å². The molecule has 0 saturated carbocycles. The zero-order valence-electron chi connectivity index (χ0n) is 17.6. The molecule has 3 aromatic rings.